The third kappa shape index (κ3) is 4.17. The quantitative estimate of drug-likeness (QED) is 0.365. The van der Waals surface area contributed by atoms with Crippen molar-refractivity contribution in [3.05, 3.63) is 46.2 Å². The summed E-state index contributed by atoms with van der Waals surface area (Å²) >= 11 is 7.60. The largest absolute Gasteiger partial charge is 0.420 e. The second-order valence-electron chi connectivity index (χ2n) is 9.25. The van der Waals surface area contributed by atoms with Crippen molar-refractivity contribution >= 4 is 55.5 Å². The Bertz CT molecular complexity index is 1460. The third-order valence-corrected chi connectivity index (χ3v) is 8.06. The Hall–Kier alpha value is -3.01. The van der Waals surface area contributed by atoms with E-state index in [1.807, 2.05) is 31.2 Å². The first-order chi connectivity index (χ1) is 17.0. The molecule has 1 saturated heterocycles. The molecular weight excluding hydrogens is 484 g/mol. The van der Waals surface area contributed by atoms with E-state index < -0.39 is 0 Å². The average Bonchev–Trinajstić information content (AvgIpc) is 3.38. The number of nitrogens with zero attached hydrogens (tertiary/aromatic N) is 4. The van der Waals surface area contributed by atoms with Crippen molar-refractivity contribution in [2.45, 2.75) is 45.3 Å². The number of likely N-dealkylation sites (tertiary alicyclic amines) is 1. The van der Waals surface area contributed by atoms with E-state index >= 15 is 0 Å². The Labute approximate surface area is 211 Å². The number of pyridine rings is 1. The number of rotatable bonds is 4. The van der Waals surface area contributed by atoms with Crippen LogP contribution in [-0.4, -0.2) is 50.9 Å². The molecule has 1 amide bonds. The highest BCUT2D eigenvalue weighted by molar-refractivity contribution is 7.21. The minimum atomic E-state index is -0.0414. The summed E-state index contributed by atoms with van der Waals surface area (Å²) in [6.07, 6.45) is 4.11. The maximum atomic E-state index is 12.7. The lowest BCUT2D eigenvalue weighted by atomic mass is 10.1. The second-order valence-corrected chi connectivity index (χ2v) is 10.6. The van der Waals surface area contributed by atoms with Crippen LogP contribution >= 0.6 is 22.9 Å². The average molecular weight is 509 g/mol. The summed E-state index contributed by atoms with van der Waals surface area (Å²) in [5.74, 6) is 0.817. The van der Waals surface area contributed by atoms with Crippen molar-refractivity contribution < 1.29 is 9.53 Å². The molecule has 3 aromatic heterocycles. The van der Waals surface area contributed by atoms with Crippen molar-refractivity contribution in [1.29, 1.82) is 0 Å². The SMILES string of the molecule is C[C@H]1CNc2c(sc3ccc4nc(Oc5nc(Cl)ncc5CN5CCC[C@@H]5C)ccc4c23)C(=O)N1. The molecule has 2 aliphatic heterocycles. The normalized spacial score (nSPS) is 20.5. The number of amides is 1. The number of anilines is 1. The monoisotopic (exact) mass is 508 g/mol. The van der Waals surface area contributed by atoms with E-state index in [-0.39, 0.29) is 17.2 Å². The zero-order chi connectivity index (χ0) is 24.1. The van der Waals surface area contributed by atoms with E-state index in [0.29, 0.717) is 35.8 Å². The summed E-state index contributed by atoms with van der Waals surface area (Å²) in [5.41, 5.74) is 2.54. The minimum Gasteiger partial charge on any atom is -0.420 e. The Morgan fingerprint density at radius 2 is 2.11 bits per heavy atom. The van der Waals surface area contributed by atoms with E-state index in [4.69, 9.17) is 21.3 Å². The zero-order valence-corrected chi connectivity index (χ0v) is 21.0. The Morgan fingerprint density at radius 1 is 1.23 bits per heavy atom. The van der Waals surface area contributed by atoms with Crippen molar-refractivity contribution in [3.8, 4) is 11.8 Å². The third-order valence-electron chi connectivity index (χ3n) is 6.73. The van der Waals surface area contributed by atoms with Crippen LogP contribution in [0.1, 0.15) is 41.9 Å². The lowest BCUT2D eigenvalue weighted by Gasteiger charge is -2.21. The highest BCUT2D eigenvalue weighted by Gasteiger charge is 2.25. The van der Waals surface area contributed by atoms with Crippen LogP contribution in [-0.2, 0) is 6.54 Å². The fourth-order valence-electron chi connectivity index (χ4n) is 4.88. The molecule has 0 bridgehead atoms. The number of thiophene rings is 1. The highest BCUT2D eigenvalue weighted by atomic mass is 35.5. The van der Waals surface area contributed by atoms with Gasteiger partial charge in [0.1, 0.15) is 4.88 Å². The van der Waals surface area contributed by atoms with E-state index in [9.17, 15) is 4.79 Å². The molecule has 8 nitrogen and oxygen atoms in total. The van der Waals surface area contributed by atoms with Crippen LogP contribution in [0.4, 0.5) is 5.69 Å². The Balaban J connectivity index is 1.36. The predicted octanol–water partition coefficient (Wildman–Crippen LogP) is 5.21. The van der Waals surface area contributed by atoms with E-state index in [0.717, 1.165) is 38.8 Å². The number of hydrogen-bond donors (Lipinski definition) is 2. The predicted molar refractivity (Wildman–Crippen MR) is 139 cm³/mol. The lowest BCUT2D eigenvalue weighted by Crippen LogP contribution is -2.34. The van der Waals surface area contributed by atoms with Gasteiger partial charge in [-0.15, -0.1) is 11.3 Å². The van der Waals surface area contributed by atoms with Crippen molar-refractivity contribution in [1.82, 2.24) is 25.2 Å². The molecule has 5 heterocycles. The van der Waals surface area contributed by atoms with E-state index in [1.165, 1.54) is 24.2 Å². The van der Waals surface area contributed by atoms with Crippen LogP contribution in [0.5, 0.6) is 11.8 Å². The first-order valence-corrected chi connectivity index (χ1v) is 13.0. The van der Waals surface area contributed by atoms with Gasteiger partial charge in [-0.1, -0.05) is 0 Å². The molecular formula is C25H25ClN6O2S. The maximum absolute atomic E-state index is 12.7. The summed E-state index contributed by atoms with van der Waals surface area (Å²) in [6, 6.07) is 8.37. The van der Waals surface area contributed by atoms with Gasteiger partial charge in [-0.05, 0) is 63.0 Å². The molecule has 4 aromatic rings. The molecule has 6 rings (SSSR count). The maximum Gasteiger partial charge on any atom is 0.263 e. The van der Waals surface area contributed by atoms with Crippen molar-refractivity contribution in [2.24, 2.45) is 0 Å². The van der Waals surface area contributed by atoms with Crippen LogP contribution in [0.3, 0.4) is 0 Å². The van der Waals surface area contributed by atoms with Gasteiger partial charge in [0.25, 0.3) is 5.91 Å². The van der Waals surface area contributed by atoms with Gasteiger partial charge < -0.3 is 15.4 Å². The molecule has 0 aliphatic carbocycles. The molecule has 1 fully saturated rings. The van der Waals surface area contributed by atoms with Crippen molar-refractivity contribution in [3.63, 3.8) is 0 Å². The lowest BCUT2D eigenvalue weighted by molar-refractivity contribution is 0.0949. The van der Waals surface area contributed by atoms with Gasteiger partial charge in [-0.2, -0.15) is 4.98 Å². The molecule has 0 unspecified atom stereocenters. The summed E-state index contributed by atoms with van der Waals surface area (Å²) in [5, 5.41) is 8.61. The summed E-state index contributed by atoms with van der Waals surface area (Å²) in [4.78, 5) is 29.1. The Kier molecular flexibility index (Phi) is 5.70. The number of aromatic nitrogens is 3. The van der Waals surface area contributed by atoms with Crippen molar-refractivity contribution in [2.75, 3.05) is 18.4 Å². The zero-order valence-electron chi connectivity index (χ0n) is 19.5. The number of fused-ring (bicyclic) bond motifs is 5. The molecule has 0 saturated carbocycles. The molecule has 0 radical (unpaired) electrons. The van der Waals surface area contributed by atoms with E-state index in [2.05, 4.69) is 32.4 Å². The van der Waals surface area contributed by atoms with Gasteiger partial charge in [0.05, 0.1) is 11.2 Å². The van der Waals surface area contributed by atoms with Crippen LogP contribution in [0.25, 0.3) is 21.0 Å². The van der Waals surface area contributed by atoms with Gasteiger partial charge in [-0.25, -0.2) is 9.97 Å². The fraction of sp³-hybridized carbons (Fsp3) is 0.360. The topological polar surface area (TPSA) is 92.3 Å². The number of benzene rings is 1. The van der Waals surface area contributed by atoms with Gasteiger partial charge in [0.2, 0.25) is 17.0 Å². The smallest absolute Gasteiger partial charge is 0.263 e. The first-order valence-electron chi connectivity index (χ1n) is 11.8. The summed E-state index contributed by atoms with van der Waals surface area (Å²) in [6.45, 7) is 6.64. The van der Waals surface area contributed by atoms with Gasteiger partial charge in [-0.3, -0.25) is 9.69 Å². The fourth-order valence-corrected chi connectivity index (χ4v) is 6.10. The van der Waals surface area contributed by atoms with Gasteiger partial charge >= 0.3 is 0 Å². The number of halogens is 1. The summed E-state index contributed by atoms with van der Waals surface area (Å²) in [7, 11) is 0. The molecule has 35 heavy (non-hydrogen) atoms. The number of carbonyl (C=O) groups excluding carboxylic acids is 1. The minimum absolute atomic E-state index is 0.0414. The molecule has 1 aromatic carbocycles. The number of carbonyl (C=O) groups is 1. The standard InChI is InChI=1S/C25H25ClN6O2S/c1-13-10-27-21-20-16-5-8-19(30-17(16)6-7-18(20)35-22(21)23(33)29-13)34-24-15(11-28-25(26)31-24)12-32-9-3-4-14(32)2/h5-8,11,13-14,27H,3-4,9-10,12H2,1-2H3,(H,29,33)/t13-,14-/m0/s1. The molecule has 180 valence electrons. The van der Waals surface area contributed by atoms with Crippen LogP contribution in [0.2, 0.25) is 5.28 Å². The molecule has 2 aliphatic rings. The van der Waals surface area contributed by atoms with E-state index in [1.54, 1.807) is 6.20 Å². The van der Waals surface area contributed by atoms with Crippen LogP contribution in [0.15, 0.2) is 30.5 Å². The van der Waals surface area contributed by atoms with Crippen LogP contribution < -0.4 is 15.4 Å². The number of hydrogen-bond acceptors (Lipinski definition) is 8. The number of ether oxygens (including phenoxy) is 1. The number of nitrogens with one attached hydrogen (secondary N) is 2. The van der Waals surface area contributed by atoms with Crippen LogP contribution in [0, 0.1) is 0 Å². The molecule has 2 N–H and O–H groups in total. The molecule has 0 spiro atoms. The Morgan fingerprint density at radius 3 is 2.94 bits per heavy atom. The summed E-state index contributed by atoms with van der Waals surface area (Å²) < 4.78 is 7.19. The van der Waals surface area contributed by atoms with Gasteiger partial charge in [0, 0.05) is 58.5 Å². The van der Waals surface area contributed by atoms with Gasteiger partial charge in [0.15, 0.2) is 0 Å². The molecule has 2 atom stereocenters. The highest BCUT2D eigenvalue weighted by Crippen LogP contribution is 2.41. The first kappa shape index (κ1) is 22.5. The molecule has 10 heteroatoms. The second kappa shape index (κ2) is 8.89.